The van der Waals surface area contributed by atoms with E-state index in [1.54, 1.807) is 0 Å². The van der Waals surface area contributed by atoms with E-state index in [0.29, 0.717) is 0 Å². The maximum atomic E-state index is 4.64. The summed E-state index contributed by atoms with van der Waals surface area (Å²) >= 11 is 0. The van der Waals surface area contributed by atoms with E-state index in [1.807, 2.05) is 0 Å². The first kappa shape index (κ1) is 13.1. The lowest BCUT2D eigenvalue weighted by atomic mass is 10.1. The van der Waals surface area contributed by atoms with Crippen LogP contribution in [-0.4, -0.2) is 28.5 Å². The molecule has 0 atom stereocenters. The number of H-pyrrole nitrogens is 1. The van der Waals surface area contributed by atoms with Gasteiger partial charge in [0.1, 0.15) is 5.82 Å². The van der Waals surface area contributed by atoms with E-state index in [-0.39, 0.29) is 0 Å². The summed E-state index contributed by atoms with van der Waals surface area (Å²) in [5.74, 6) is 1.07. The average Bonchev–Trinajstić information content (AvgIpc) is 2.77. The smallest absolute Gasteiger partial charge is 0.121 e. The van der Waals surface area contributed by atoms with Crippen molar-refractivity contribution in [2.75, 3.05) is 13.6 Å². The third kappa shape index (κ3) is 3.10. The number of aromatic nitrogens is 2. The maximum Gasteiger partial charge on any atom is 0.121 e. The fourth-order valence-electron chi connectivity index (χ4n) is 2.17. The van der Waals surface area contributed by atoms with Crippen LogP contribution < -0.4 is 0 Å². The van der Waals surface area contributed by atoms with Gasteiger partial charge in [0.2, 0.25) is 0 Å². The molecule has 0 bridgehead atoms. The van der Waals surface area contributed by atoms with Crippen molar-refractivity contribution in [3.63, 3.8) is 0 Å². The lowest BCUT2D eigenvalue weighted by Crippen LogP contribution is -2.19. The standard InChI is InChI=1S/C15H23N3/c1-4-6-9-18(3)11-15-16-13-8-7-12(5-2)10-14(13)17-15/h7-8,10H,4-6,9,11H2,1-3H3,(H,16,17). The van der Waals surface area contributed by atoms with Crippen LogP contribution in [0.25, 0.3) is 11.0 Å². The molecule has 0 aliphatic heterocycles. The molecule has 0 saturated heterocycles. The van der Waals surface area contributed by atoms with Crippen molar-refractivity contribution in [1.29, 1.82) is 0 Å². The average molecular weight is 245 g/mol. The molecule has 2 rings (SSSR count). The number of aromatic amines is 1. The minimum absolute atomic E-state index is 0.899. The fourth-order valence-corrected chi connectivity index (χ4v) is 2.17. The quantitative estimate of drug-likeness (QED) is 0.846. The molecule has 0 unspecified atom stereocenters. The van der Waals surface area contributed by atoms with E-state index >= 15 is 0 Å². The molecule has 3 heteroatoms. The van der Waals surface area contributed by atoms with Gasteiger partial charge in [-0.3, -0.25) is 4.90 Å². The second-order valence-corrected chi connectivity index (χ2v) is 4.98. The van der Waals surface area contributed by atoms with Crippen molar-refractivity contribution in [3.8, 4) is 0 Å². The Morgan fingerprint density at radius 1 is 1.28 bits per heavy atom. The molecule has 0 aliphatic carbocycles. The Labute approximate surface area is 109 Å². The second kappa shape index (κ2) is 6.01. The number of nitrogens with zero attached hydrogens (tertiary/aromatic N) is 2. The third-order valence-electron chi connectivity index (χ3n) is 3.32. The van der Waals surface area contributed by atoms with Crippen LogP contribution in [0.1, 0.15) is 38.1 Å². The highest BCUT2D eigenvalue weighted by Crippen LogP contribution is 2.15. The molecule has 2 aromatic rings. The molecule has 1 aromatic heterocycles. The number of aryl methyl sites for hydroxylation is 1. The molecule has 98 valence electrons. The van der Waals surface area contributed by atoms with Crippen LogP contribution in [0, 0.1) is 0 Å². The Balaban J connectivity index is 2.09. The summed E-state index contributed by atoms with van der Waals surface area (Å²) in [4.78, 5) is 10.4. The minimum atomic E-state index is 0.899. The van der Waals surface area contributed by atoms with Gasteiger partial charge in [-0.15, -0.1) is 0 Å². The third-order valence-corrected chi connectivity index (χ3v) is 3.32. The molecular weight excluding hydrogens is 222 g/mol. The van der Waals surface area contributed by atoms with Crippen LogP contribution in [-0.2, 0) is 13.0 Å². The van der Waals surface area contributed by atoms with Crippen molar-refractivity contribution >= 4 is 11.0 Å². The summed E-state index contributed by atoms with van der Waals surface area (Å²) in [6, 6.07) is 6.48. The summed E-state index contributed by atoms with van der Waals surface area (Å²) in [5, 5.41) is 0. The first-order valence-electron chi connectivity index (χ1n) is 6.89. The van der Waals surface area contributed by atoms with Crippen molar-refractivity contribution in [2.24, 2.45) is 0 Å². The van der Waals surface area contributed by atoms with Gasteiger partial charge in [0, 0.05) is 0 Å². The molecule has 0 fully saturated rings. The van der Waals surface area contributed by atoms with Crippen LogP contribution in [0.4, 0.5) is 0 Å². The van der Waals surface area contributed by atoms with Crippen molar-refractivity contribution in [1.82, 2.24) is 14.9 Å². The zero-order valence-electron chi connectivity index (χ0n) is 11.7. The SMILES string of the molecule is CCCCN(C)Cc1nc2ccc(CC)cc2[nH]1. The lowest BCUT2D eigenvalue weighted by Gasteiger charge is -2.13. The first-order chi connectivity index (χ1) is 8.72. The van der Waals surface area contributed by atoms with Gasteiger partial charge in [-0.2, -0.15) is 0 Å². The van der Waals surface area contributed by atoms with Gasteiger partial charge in [0.15, 0.2) is 0 Å². The van der Waals surface area contributed by atoms with Crippen molar-refractivity contribution in [3.05, 3.63) is 29.6 Å². The summed E-state index contributed by atoms with van der Waals surface area (Å²) in [7, 11) is 2.15. The van der Waals surface area contributed by atoms with Crippen molar-refractivity contribution in [2.45, 2.75) is 39.7 Å². The largest absolute Gasteiger partial charge is 0.341 e. The topological polar surface area (TPSA) is 31.9 Å². The van der Waals surface area contributed by atoms with Crippen LogP contribution >= 0.6 is 0 Å². The van der Waals surface area contributed by atoms with Gasteiger partial charge in [0.05, 0.1) is 17.6 Å². The monoisotopic (exact) mass is 245 g/mol. The van der Waals surface area contributed by atoms with Gasteiger partial charge in [0.25, 0.3) is 0 Å². The van der Waals surface area contributed by atoms with E-state index in [1.165, 1.54) is 18.4 Å². The van der Waals surface area contributed by atoms with E-state index in [2.05, 4.69) is 54.0 Å². The molecule has 3 nitrogen and oxygen atoms in total. The normalized spacial score (nSPS) is 11.6. The highest BCUT2D eigenvalue weighted by molar-refractivity contribution is 5.75. The Morgan fingerprint density at radius 3 is 2.83 bits per heavy atom. The predicted molar refractivity (Wildman–Crippen MR) is 76.7 cm³/mol. The van der Waals surface area contributed by atoms with Gasteiger partial charge < -0.3 is 4.98 Å². The van der Waals surface area contributed by atoms with Crippen LogP contribution in [0.3, 0.4) is 0 Å². The maximum absolute atomic E-state index is 4.64. The van der Waals surface area contributed by atoms with Gasteiger partial charge >= 0.3 is 0 Å². The van der Waals surface area contributed by atoms with Crippen LogP contribution in [0.15, 0.2) is 18.2 Å². The zero-order valence-corrected chi connectivity index (χ0v) is 11.7. The van der Waals surface area contributed by atoms with E-state index < -0.39 is 0 Å². The number of unbranched alkanes of at least 4 members (excludes halogenated alkanes) is 1. The second-order valence-electron chi connectivity index (χ2n) is 4.98. The molecule has 1 heterocycles. The molecule has 1 N–H and O–H groups in total. The molecule has 0 saturated carbocycles. The molecule has 1 aromatic carbocycles. The van der Waals surface area contributed by atoms with Crippen LogP contribution in [0.5, 0.6) is 0 Å². The van der Waals surface area contributed by atoms with Crippen molar-refractivity contribution < 1.29 is 0 Å². The Hall–Kier alpha value is -1.35. The number of rotatable bonds is 6. The molecular formula is C15H23N3. The predicted octanol–water partition coefficient (Wildman–Crippen LogP) is 3.36. The highest BCUT2D eigenvalue weighted by Gasteiger charge is 2.06. The number of nitrogens with one attached hydrogen (secondary N) is 1. The Bertz CT molecular complexity index is 501. The molecule has 0 radical (unpaired) electrons. The van der Waals surface area contributed by atoms with E-state index in [0.717, 1.165) is 36.4 Å². The summed E-state index contributed by atoms with van der Waals surface area (Å²) in [5.41, 5.74) is 3.59. The summed E-state index contributed by atoms with van der Waals surface area (Å²) in [6.07, 6.45) is 3.56. The summed E-state index contributed by atoms with van der Waals surface area (Å²) < 4.78 is 0. The zero-order chi connectivity index (χ0) is 13.0. The molecule has 18 heavy (non-hydrogen) atoms. The van der Waals surface area contributed by atoms with Gasteiger partial charge in [-0.25, -0.2) is 4.98 Å². The van der Waals surface area contributed by atoms with E-state index in [4.69, 9.17) is 0 Å². The number of benzene rings is 1. The van der Waals surface area contributed by atoms with Crippen LogP contribution in [0.2, 0.25) is 0 Å². The highest BCUT2D eigenvalue weighted by atomic mass is 15.1. The first-order valence-corrected chi connectivity index (χ1v) is 6.89. The van der Waals surface area contributed by atoms with Gasteiger partial charge in [-0.1, -0.05) is 26.3 Å². The lowest BCUT2D eigenvalue weighted by molar-refractivity contribution is 0.314. The number of hydrogen-bond acceptors (Lipinski definition) is 2. The molecule has 0 spiro atoms. The minimum Gasteiger partial charge on any atom is -0.341 e. The number of fused-ring (bicyclic) bond motifs is 1. The number of imidazole rings is 1. The number of hydrogen-bond donors (Lipinski definition) is 1. The Morgan fingerprint density at radius 2 is 2.11 bits per heavy atom. The molecule has 0 amide bonds. The molecule has 0 aliphatic rings. The summed E-state index contributed by atoms with van der Waals surface area (Å²) in [6.45, 7) is 6.43. The van der Waals surface area contributed by atoms with E-state index in [9.17, 15) is 0 Å². The Kier molecular flexibility index (Phi) is 4.37. The van der Waals surface area contributed by atoms with Gasteiger partial charge in [-0.05, 0) is 44.1 Å². The fraction of sp³-hybridized carbons (Fsp3) is 0.533.